The summed E-state index contributed by atoms with van der Waals surface area (Å²) in [6.45, 7) is 4.20. The molecule has 178 valence electrons. The first-order chi connectivity index (χ1) is 16.4. The highest BCUT2D eigenvalue weighted by Gasteiger charge is 2.33. The van der Waals surface area contributed by atoms with E-state index in [-0.39, 0.29) is 0 Å². The Bertz CT molecular complexity index is 1240. The molecular weight excluding hydrogens is 474 g/mol. The first-order valence-corrected chi connectivity index (χ1v) is 12.2. The van der Waals surface area contributed by atoms with E-state index in [1.807, 2.05) is 49.4 Å². The predicted octanol–water partition coefficient (Wildman–Crippen LogP) is 4.80. The van der Waals surface area contributed by atoms with Crippen molar-refractivity contribution in [2.24, 2.45) is 5.73 Å². The largest absolute Gasteiger partial charge is 0.493 e. The van der Waals surface area contributed by atoms with Crippen LogP contribution in [-0.4, -0.2) is 33.5 Å². The van der Waals surface area contributed by atoms with Crippen molar-refractivity contribution < 1.29 is 14.3 Å². The Morgan fingerprint density at radius 3 is 2.76 bits per heavy atom. The van der Waals surface area contributed by atoms with Crippen LogP contribution in [-0.2, 0) is 11.4 Å². The number of hydrogen-bond donors (Lipinski definition) is 2. The zero-order valence-corrected chi connectivity index (χ0v) is 20.7. The van der Waals surface area contributed by atoms with Crippen LogP contribution in [0.3, 0.4) is 0 Å². The summed E-state index contributed by atoms with van der Waals surface area (Å²) >= 11 is 7.81. The van der Waals surface area contributed by atoms with Gasteiger partial charge in [-0.3, -0.25) is 4.79 Å². The topological polar surface area (TPSA) is 104 Å². The molecule has 1 aliphatic rings. The van der Waals surface area contributed by atoms with Gasteiger partial charge in [0, 0.05) is 22.0 Å². The Morgan fingerprint density at radius 2 is 2.06 bits per heavy atom. The highest BCUT2D eigenvalue weighted by Crippen LogP contribution is 2.39. The van der Waals surface area contributed by atoms with Crippen molar-refractivity contribution in [3.63, 3.8) is 0 Å². The number of halogens is 1. The van der Waals surface area contributed by atoms with E-state index in [1.165, 1.54) is 0 Å². The molecule has 3 aromatic rings. The van der Waals surface area contributed by atoms with E-state index in [0.29, 0.717) is 45.5 Å². The molecule has 1 aliphatic heterocycles. The molecule has 1 atom stereocenters. The molecule has 0 spiro atoms. The number of primary amides is 1. The monoisotopic (exact) mass is 499 g/mol. The number of allylic oxidation sites excluding steroid dienone is 1. The SMILES string of the molecule is CCCSc1nc2n(n1)C(c1ccc(OCc3ccccc3Cl)c(OC)c1)C(C(N)=O)=C(C)N2. The highest BCUT2D eigenvalue weighted by molar-refractivity contribution is 7.99. The lowest BCUT2D eigenvalue weighted by Crippen LogP contribution is -2.31. The number of hydrogen-bond acceptors (Lipinski definition) is 7. The summed E-state index contributed by atoms with van der Waals surface area (Å²) in [6.07, 6.45) is 1.00. The van der Waals surface area contributed by atoms with Crippen LogP contribution in [0.4, 0.5) is 5.95 Å². The minimum Gasteiger partial charge on any atom is -0.493 e. The van der Waals surface area contributed by atoms with Crippen molar-refractivity contribution >= 4 is 35.2 Å². The Labute approximate surface area is 207 Å². The number of rotatable bonds is 9. The molecule has 0 saturated carbocycles. The third-order valence-corrected chi connectivity index (χ3v) is 6.79. The number of anilines is 1. The van der Waals surface area contributed by atoms with Gasteiger partial charge in [0.1, 0.15) is 12.6 Å². The lowest BCUT2D eigenvalue weighted by atomic mass is 9.95. The second-order valence-electron chi connectivity index (χ2n) is 7.73. The van der Waals surface area contributed by atoms with Gasteiger partial charge in [-0.15, -0.1) is 5.10 Å². The van der Waals surface area contributed by atoms with Gasteiger partial charge in [0.15, 0.2) is 11.5 Å². The molecule has 1 aromatic heterocycles. The van der Waals surface area contributed by atoms with Gasteiger partial charge < -0.3 is 20.5 Å². The van der Waals surface area contributed by atoms with Gasteiger partial charge in [0.05, 0.1) is 12.7 Å². The van der Waals surface area contributed by atoms with Crippen LogP contribution in [0.2, 0.25) is 5.02 Å². The lowest BCUT2D eigenvalue weighted by Gasteiger charge is -2.28. The Kier molecular flexibility index (Phi) is 7.33. The van der Waals surface area contributed by atoms with E-state index >= 15 is 0 Å². The number of nitrogens with two attached hydrogens (primary N) is 1. The minimum absolute atomic E-state index is 0.291. The molecule has 1 amide bonds. The fraction of sp³-hybridized carbons (Fsp3) is 0.292. The summed E-state index contributed by atoms with van der Waals surface area (Å²) in [5, 5.41) is 9.08. The van der Waals surface area contributed by atoms with Crippen molar-refractivity contribution in [2.45, 2.75) is 38.1 Å². The quantitative estimate of drug-likeness (QED) is 0.407. The molecular formula is C24H26ClN5O3S. The van der Waals surface area contributed by atoms with Crippen LogP contribution in [0.15, 0.2) is 58.9 Å². The summed E-state index contributed by atoms with van der Waals surface area (Å²) in [4.78, 5) is 17.0. The molecule has 2 heterocycles. The number of benzene rings is 2. The van der Waals surface area contributed by atoms with Gasteiger partial charge in [-0.2, -0.15) is 4.98 Å². The van der Waals surface area contributed by atoms with E-state index in [4.69, 9.17) is 26.8 Å². The van der Waals surface area contributed by atoms with Gasteiger partial charge in [-0.25, -0.2) is 4.68 Å². The van der Waals surface area contributed by atoms with Gasteiger partial charge in [0.25, 0.3) is 0 Å². The number of ether oxygens (including phenoxy) is 2. The van der Waals surface area contributed by atoms with Gasteiger partial charge >= 0.3 is 0 Å². The number of fused-ring (bicyclic) bond motifs is 1. The number of methoxy groups -OCH3 is 1. The summed E-state index contributed by atoms with van der Waals surface area (Å²) in [5.74, 6) is 2.00. The fourth-order valence-corrected chi connectivity index (χ4v) is 4.63. The van der Waals surface area contributed by atoms with Crippen LogP contribution in [0.5, 0.6) is 11.5 Å². The minimum atomic E-state index is -0.552. The number of carbonyl (C=O) groups excluding carboxylic acids is 1. The van der Waals surface area contributed by atoms with E-state index < -0.39 is 11.9 Å². The number of nitrogens with zero attached hydrogens (tertiary/aromatic N) is 3. The number of carbonyl (C=O) groups is 1. The molecule has 8 nitrogen and oxygen atoms in total. The molecule has 0 aliphatic carbocycles. The maximum atomic E-state index is 12.4. The van der Waals surface area contributed by atoms with Crippen molar-refractivity contribution in [3.05, 3.63) is 69.9 Å². The van der Waals surface area contributed by atoms with Crippen molar-refractivity contribution in [2.75, 3.05) is 18.2 Å². The Balaban J connectivity index is 1.69. The molecule has 2 aromatic carbocycles. The summed E-state index contributed by atoms with van der Waals surface area (Å²) in [5.41, 5.74) is 8.48. The predicted molar refractivity (Wildman–Crippen MR) is 133 cm³/mol. The lowest BCUT2D eigenvalue weighted by molar-refractivity contribution is -0.115. The average Bonchev–Trinajstić information content (AvgIpc) is 3.23. The summed E-state index contributed by atoms with van der Waals surface area (Å²) in [6, 6.07) is 12.5. The zero-order valence-electron chi connectivity index (χ0n) is 19.2. The maximum absolute atomic E-state index is 12.4. The van der Waals surface area contributed by atoms with E-state index in [9.17, 15) is 4.79 Å². The molecule has 0 radical (unpaired) electrons. The fourth-order valence-electron chi connectivity index (χ4n) is 3.76. The summed E-state index contributed by atoms with van der Waals surface area (Å²) in [7, 11) is 1.57. The standard InChI is InChI=1S/C24H26ClN5O3S/c1-4-11-34-24-28-23-27-14(2)20(22(26)31)21(30(23)29-24)15-9-10-18(19(12-15)32-3)33-13-16-7-5-6-8-17(16)25/h5-10,12,21H,4,11,13H2,1-3H3,(H2,26,31)(H,27,28,29). The van der Waals surface area contributed by atoms with Crippen LogP contribution in [0, 0.1) is 0 Å². The maximum Gasteiger partial charge on any atom is 0.248 e. The molecule has 0 bridgehead atoms. The molecule has 0 saturated heterocycles. The van der Waals surface area contributed by atoms with E-state index in [2.05, 4.69) is 22.3 Å². The number of aromatic nitrogens is 3. The van der Waals surface area contributed by atoms with E-state index in [0.717, 1.165) is 23.3 Å². The second-order valence-corrected chi connectivity index (χ2v) is 9.20. The second kappa shape index (κ2) is 10.4. The van der Waals surface area contributed by atoms with Crippen LogP contribution >= 0.6 is 23.4 Å². The van der Waals surface area contributed by atoms with Gasteiger partial charge in [0.2, 0.25) is 17.0 Å². The normalized spacial score (nSPS) is 15.0. The third-order valence-electron chi connectivity index (χ3n) is 5.38. The first kappa shape index (κ1) is 24.0. The van der Waals surface area contributed by atoms with Gasteiger partial charge in [-0.1, -0.05) is 54.6 Å². The molecule has 0 fully saturated rings. The average molecular weight is 500 g/mol. The molecule has 10 heteroatoms. The first-order valence-electron chi connectivity index (χ1n) is 10.8. The number of amides is 1. The molecule has 4 rings (SSSR count). The molecule has 1 unspecified atom stereocenters. The number of nitrogens with one attached hydrogen (secondary N) is 1. The Hall–Kier alpha value is -3.17. The van der Waals surface area contributed by atoms with E-state index in [1.54, 1.807) is 23.6 Å². The van der Waals surface area contributed by atoms with Crippen molar-refractivity contribution in [1.82, 2.24) is 14.8 Å². The zero-order chi connectivity index (χ0) is 24.2. The molecule has 3 N–H and O–H groups in total. The molecule has 34 heavy (non-hydrogen) atoms. The highest BCUT2D eigenvalue weighted by atomic mass is 35.5. The van der Waals surface area contributed by atoms with Crippen LogP contribution in [0.25, 0.3) is 0 Å². The van der Waals surface area contributed by atoms with Crippen LogP contribution < -0.4 is 20.5 Å². The van der Waals surface area contributed by atoms with Crippen molar-refractivity contribution in [3.8, 4) is 11.5 Å². The summed E-state index contributed by atoms with van der Waals surface area (Å²) < 4.78 is 13.3. The smallest absolute Gasteiger partial charge is 0.248 e. The van der Waals surface area contributed by atoms with Crippen molar-refractivity contribution in [1.29, 1.82) is 0 Å². The Morgan fingerprint density at radius 1 is 1.26 bits per heavy atom. The number of thioether (sulfide) groups is 1. The third kappa shape index (κ3) is 4.85. The van der Waals surface area contributed by atoms with Gasteiger partial charge in [-0.05, 0) is 37.1 Å². The van der Waals surface area contributed by atoms with Crippen LogP contribution in [0.1, 0.15) is 37.4 Å².